The van der Waals surface area contributed by atoms with Gasteiger partial charge >= 0.3 is 6.18 Å². The zero-order chi connectivity index (χ0) is 19.6. The van der Waals surface area contributed by atoms with Crippen LogP contribution in [0.2, 0.25) is 5.02 Å². The Morgan fingerprint density at radius 1 is 1.22 bits per heavy atom. The number of rotatable bonds is 4. The number of fused-ring (bicyclic) bond motifs is 1. The molecule has 0 atom stereocenters. The van der Waals surface area contributed by atoms with Gasteiger partial charge < -0.3 is 5.32 Å². The third-order valence-electron chi connectivity index (χ3n) is 3.58. The van der Waals surface area contributed by atoms with E-state index in [1.165, 1.54) is 36.4 Å². The minimum atomic E-state index is -4.58. The molecule has 0 aliphatic rings. The van der Waals surface area contributed by atoms with Crippen LogP contribution < -0.4 is 5.32 Å². The fraction of sp³-hybridized carbons (Fsp3) is 0.118. The van der Waals surface area contributed by atoms with Crippen molar-refractivity contribution in [3.63, 3.8) is 0 Å². The van der Waals surface area contributed by atoms with E-state index in [-0.39, 0.29) is 23.0 Å². The van der Waals surface area contributed by atoms with Gasteiger partial charge in [-0.2, -0.15) is 13.2 Å². The van der Waals surface area contributed by atoms with Crippen molar-refractivity contribution < 1.29 is 22.4 Å². The van der Waals surface area contributed by atoms with E-state index < -0.39 is 23.5 Å². The lowest BCUT2D eigenvalue weighted by atomic mass is 10.2. The molecule has 0 aliphatic carbocycles. The molecule has 1 amide bonds. The quantitative estimate of drug-likeness (QED) is 0.536. The lowest BCUT2D eigenvalue weighted by Crippen LogP contribution is -2.22. The number of hydrogen-bond acceptors (Lipinski definition) is 3. The first-order chi connectivity index (χ1) is 12.7. The average molecular weight is 399 g/mol. The van der Waals surface area contributed by atoms with E-state index in [0.717, 1.165) is 16.7 Å². The number of alkyl halides is 3. The average Bonchev–Trinajstić information content (AvgIpc) is 3.02. The van der Waals surface area contributed by atoms with Crippen LogP contribution in [0.1, 0.15) is 17.0 Å². The van der Waals surface area contributed by atoms with Crippen molar-refractivity contribution in [3.8, 4) is 0 Å². The number of nitrogens with one attached hydrogen (secondary N) is 1. The molecule has 0 aliphatic heterocycles. The summed E-state index contributed by atoms with van der Waals surface area (Å²) in [5.41, 5.74) is -0.291. The Bertz CT molecular complexity index is 1010. The molecule has 0 bridgehead atoms. The summed E-state index contributed by atoms with van der Waals surface area (Å²) in [6, 6.07) is 6.25. The molecule has 140 valence electrons. The van der Waals surface area contributed by atoms with Crippen LogP contribution in [-0.2, 0) is 17.5 Å². The summed E-state index contributed by atoms with van der Waals surface area (Å²) in [5.74, 6) is -0.817. The summed E-state index contributed by atoms with van der Waals surface area (Å²) < 4.78 is 52.7. The predicted molar refractivity (Wildman–Crippen MR) is 90.3 cm³/mol. The van der Waals surface area contributed by atoms with E-state index >= 15 is 0 Å². The Hall–Kier alpha value is -2.94. The van der Waals surface area contributed by atoms with Gasteiger partial charge in [-0.3, -0.25) is 9.20 Å². The van der Waals surface area contributed by atoms with Crippen molar-refractivity contribution >= 4 is 29.2 Å². The SMILES string of the molecule is O=C(/C=C/c1ccc(F)cc1)NCc1nnc2c(Cl)cc(C(F)(F)F)cn12. The second kappa shape index (κ2) is 7.36. The topological polar surface area (TPSA) is 59.3 Å². The van der Waals surface area contributed by atoms with Crippen LogP contribution in [-0.4, -0.2) is 20.5 Å². The van der Waals surface area contributed by atoms with E-state index in [2.05, 4.69) is 15.5 Å². The molecule has 3 rings (SSSR count). The molecule has 2 heterocycles. The zero-order valence-corrected chi connectivity index (χ0v) is 14.2. The van der Waals surface area contributed by atoms with E-state index in [4.69, 9.17) is 11.6 Å². The summed E-state index contributed by atoms with van der Waals surface area (Å²) >= 11 is 5.82. The van der Waals surface area contributed by atoms with Gasteiger partial charge in [0, 0.05) is 12.3 Å². The minimum absolute atomic E-state index is 0.0516. The van der Waals surface area contributed by atoms with Gasteiger partial charge in [0.1, 0.15) is 5.82 Å². The monoisotopic (exact) mass is 398 g/mol. The van der Waals surface area contributed by atoms with Crippen molar-refractivity contribution in [3.05, 3.63) is 70.4 Å². The van der Waals surface area contributed by atoms with Crippen molar-refractivity contribution in [2.75, 3.05) is 0 Å². The molecule has 1 aromatic carbocycles. The molecule has 0 spiro atoms. The van der Waals surface area contributed by atoms with Gasteiger partial charge in [-0.05, 0) is 29.8 Å². The van der Waals surface area contributed by atoms with Gasteiger partial charge in [0.25, 0.3) is 0 Å². The van der Waals surface area contributed by atoms with Crippen molar-refractivity contribution in [1.29, 1.82) is 0 Å². The number of benzene rings is 1. The molecule has 0 unspecified atom stereocenters. The highest BCUT2D eigenvalue weighted by atomic mass is 35.5. The summed E-state index contributed by atoms with van der Waals surface area (Å²) in [4.78, 5) is 11.9. The normalized spacial score (nSPS) is 12.0. The van der Waals surface area contributed by atoms with Gasteiger partial charge in [0.15, 0.2) is 11.5 Å². The van der Waals surface area contributed by atoms with Crippen molar-refractivity contribution in [2.24, 2.45) is 0 Å². The van der Waals surface area contributed by atoms with Crippen LogP contribution >= 0.6 is 11.6 Å². The molecule has 0 saturated carbocycles. The van der Waals surface area contributed by atoms with Gasteiger partial charge in [0.2, 0.25) is 5.91 Å². The Labute approximate surface area is 155 Å². The predicted octanol–water partition coefficient (Wildman–Crippen LogP) is 3.87. The largest absolute Gasteiger partial charge is 0.417 e. The number of halogens is 5. The molecular formula is C17H11ClF4N4O. The van der Waals surface area contributed by atoms with Gasteiger partial charge in [-0.25, -0.2) is 4.39 Å². The maximum absolute atomic E-state index is 12.9. The highest BCUT2D eigenvalue weighted by molar-refractivity contribution is 6.33. The Morgan fingerprint density at radius 3 is 2.59 bits per heavy atom. The Balaban J connectivity index is 1.74. The number of carbonyl (C=O) groups is 1. The van der Waals surface area contributed by atoms with E-state index in [1.807, 2.05) is 0 Å². The van der Waals surface area contributed by atoms with Crippen molar-refractivity contribution in [1.82, 2.24) is 19.9 Å². The fourth-order valence-electron chi connectivity index (χ4n) is 2.25. The zero-order valence-electron chi connectivity index (χ0n) is 13.5. The number of hydrogen-bond donors (Lipinski definition) is 1. The molecule has 1 N–H and O–H groups in total. The molecule has 0 fully saturated rings. The number of nitrogens with zero attached hydrogens (tertiary/aromatic N) is 3. The molecule has 5 nitrogen and oxygen atoms in total. The summed E-state index contributed by atoms with van der Waals surface area (Å²) in [6.45, 7) is -0.161. The van der Waals surface area contributed by atoms with E-state index in [9.17, 15) is 22.4 Å². The maximum atomic E-state index is 12.9. The molecule has 10 heteroatoms. The number of amides is 1. The molecule has 3 aromatic rings. The lowest BCUT2D eigenvalue weighted by Gasteiger charge is -2.09. The van der Waals surface area contributed by atoms with Gasteiger partial charge in [0.05, 0.1) is 17.1 Å². The van der Waals surface area contributed by atoms with Crippen molar-refractivity contribution in [2.45, 2.75) is 12.7 Å². The van der Waals surface area contributed by atoms with Crippen LogP contribution in [0.15, 0.2) is 42.6 Å². The first-order valence-corrected chi connectivity index (χ1v) is 7.93. The second-order valence-electron chi connectivity index (χ2n) is 5.49. The molecule has 27 heavy (non-hydrogen) atoms. The Morgan fingerprint density at radius 2 is 1.93 bits per heavy atom. The smallest absolute Gasteiger partial charge is 0.345 e. The second-order valence-corrected chi connectivity index (χ2v) is 5.89. The van der Waals surface area contributed by atoms with E-state index in [1.54, 1.807) is 0 Å². The highest BCUT2D eigenvalue weighted by Crippen LogP contribution is 2.32. The third-order valence-corrected chi connectivity index (χ3v) is 3.85. The first kappa shape index (κ1) is 18.8. The van der Waals surface area contributed by atoms with Crippen LogP contribution in [0.3, 0.4) is 0 Å². The summed E-state index contributed by atoms with van der Waals surface area (Å²) in [5, 5.41) is 9.78. The summed E-state index contributed by atoms with van der Waals surface area (Å²) in [6.07, 6.45) is -1.09. The fourth-order valence-corrected chi connectivity index (χ4v) is 2.49. The van der Waals surface area contributed by atoms with Gasteiger partial charge in [-0.1, -0.05) is 23.7 Å². The number of pyridine rings is 1. The maximum Gasteiger partial charge on any atom is 0.417 e. The van der Waals surface area contributed by atoms with Crippen LogP contribution in [0.5, 0.6) is 0 Å². The molecule has 0 saturated heterocycles. The third kappa shape index (κ3) is 4.43. The first-order valence-electron chi connectivity index (χ1n) is 7.56. The molecule has 0 radical (unpaired) electrons. The van der Waals surface area contributed by atoms with E-state index in [0.29, 0.717) is 5.56 Å². The Kier molecular flexibility index (Phi) is 5.13. The number of aromatic nitrogens is 3. The lowest BCUT2D eigenvalue weighted by molar-refractivity contribution is -0.137. The van der Waals surface area contributed by atoms with Crippen LogP contribution in [0, 0.1) is 5.82 Å². The van der Waals surface area contributed by atoms with Crippen LogP contribution in [0.25, 0.3) is 11.7 Å². The minimum Gasteiger partial charge on any atom is -0.345 e. The number of carbonyl (C=O) groups excluding carboxylic acids is 1. The van der Waals surface area contributed by atoms with Crippen LogP contribution in [0.4, 0.5) is 17.6 Å². The highest BCUT2D eigenvalue weighted by Gasteiger charge is 2.32. The molecule has 2 aromatic heterocycles. The summed E-state index contributed by atoms with van der Waals surface area (Å²) in [7, 11) is 0. The van der Waals surface area contributed by atoms with Gasteiger partial charge in [-0.15, -0.1) is 10.2 Å². The molecular weight excluding hydrogens is 388 g/mol. The standard InChI is InChI=1S/C17H11ClF4N4O/c18-13-7-11(17(20,21)22)9-26-14(24-25-16(13)26)8-23-15(27)6-3-10-1-4-12(19)5-2-10/h1-7,9H,8H2,(H,23,27)/b6-3+.